The molecule has 3 aromatic rings. The number of rotatable bonds is 5. The molecule has 0 bridgehead atoms. The van der Waals surface area contributed by atoms with E-state index in [-0.39, 0.29) is 11.4 Å². The molecule has 6 nitrogen and oxygen atoms in total. The van der Waals surface area contributed by atoms with Crippen LogP contribution in [0, 0.1) is 13.8 Å². The van der Waals surface area contributed by atoms with Crippen molar-refractivity contribution in [1.29, 1.82) is 0 Å². The SMILES string of the molecule is Cc1ccc(-c2ccc(/C=C3\SC(=O)N(CC(=O)Nc4ccccc4C)C3=O)o2)c(Br)c1. The van der Waals surface area contributed by atoms with Crippen molar-refractivity contribution < 1.29 is 18.8 Å². The molecule has 2 heterocycles. The average molecular weight is 511 g/mol. The Morgan fingerprint density at radius 1 is 1.12 bits per heavy atom. The zero-order valence-corrected chi connectivity index (χ0v) is 19.7. The van der Waals surface area contributed by atoms with Crippen LogP contribution in [0.5, 0.6) is 0 Å². The highest BCUT2D eigenvalue weighted by Crippen LogP contribution is 2.35. The summed E-state index contributed by atoms with van der Waals surface area (Å²) in [4.78, 5) is 38.6. The van der Waals surface area contributed by atoms with Crippen LogP contribution in [0.3, 0.4) is 0 Å². The Morgan fingerprint density at radius 2 is 1.91 bits per heavy atom. The summed E-state index contributed by atoms with van der Waals surface area (Å²) in [6, 6.07) is 16.8. The minimum Gasteiger partial charge on any atom is -0.457 e. The summed E-state index contributed by atoms with van der Waals surface area (Å²) in [5, 5.41) is 2.25. The van der Waals surface area contributed by atoms with Crippen LogP contribution in [0.15, 0.2) is 68.4 Å². The van der Waals surface area contributed by atoms with Gasteiger partial charge in [-0.2, -0.15) is 0 Å². The molecule has 0 radical (unpaired) electrons. The molecule has 1 N–H and O–H groups in total. The van der Waals surface area contributed by atoms with Gasteiger partial charge in [-0.05, 0) is 67.1 Å². The molecule has 32 heavy (non-hydrogen) atoms. The van der Waals surface area contributed by atoms with E-state index in [1.165, 1.54) is 6.08 Å². The summed E-state index contributed by atoms with van der Waals surface area (Å²) < 4.78 is 6.76. The van der Waals surface area contributed by atoms with Gasteiger partial charge in [0.1, 0.15) is 18.1 Å². The predicted octanol–water partition coefficient (Wildman–Crippen LogP) is 6.00. The topological polar surface area (TPSA) is 79.6 Å². The summed E-state index contributed by atoms with van der Waals surface area (Å²) >= 11 is 4.32. The number of carbonyl (C=O) groups excluding carboxylic acids is 3. The summed E-state index contributed by atoms with van der Waals surface area (Å²) in [5.74, 6) is 0.129. The molecule has 1 aromatic heterocycles. The van der Waals surface area contributed by atoms with E-state index in [1.54, 1.807) is 24.3 Å². The maximum absolute atomic E-state index is 12.7. The van der Waals surface area contributed by atoms with Crippen LogP contribution in [0.4, 0.5) is 10.5 Å². The first-order chi connectivity index (χ1) is 15.3. The van der Waals surface area contributed by atoms with E-state index in [2.05, 4.69) is 21.2 Å². The molecule has 1 saturated heterocycles. The first-order valence-corrected chi connectivity index (χ1v) is 11.4. The molecule has 162 valence electrons. The molecule has 0 saturated carbocycles. The number of furan rings is 1. The lowest BCUT2D eigenvalue weighted by molar-refractivity contribution is -0.127. The molecule has 0 atom stereocenters. The van der Waals surface area contributed by atoms with Crippen molar-refractivity contribution in [2.45, 2.75) is 13.8 Å². The van der Waals surface area contributed by atoms with E-state index >= 15 is 0 Å². The fourth-order valence-electron chi connectivity index (χ4n) is 3.21. The van der Waals surface area contributed by atoms with Crippen molar-refractivity contribution in [3.05, 3.63) is 80.9 Å². The van der Waals surface area contributed by atoms with E-state index in [0.29, 0.717) is 17.2 Å². The molecule has 1 aliphatic rings. The number of hydrogen-bond donors (Lipinski definition) is 1. The van der Waals surface area contributed by atoms with Crippen LogP contribution in [0.2, 0.25) is 0 Å². The van der Waals surface area contributed by atoms with Crippen molar-refractivity contribution >= 4 is 56.5 Å². The number of anilines is 1. The number of thioether (sulfide) groups is 1. The van der Waals surface area contributed by atoms with Gasteiger partial charge in [-0.15, -0.1) is 0 Å². The number of benzene rings is 2. The van der Waals surface area contributed by atoms with Crippen LogP contribution in [-0.2, 0) is 9.59 Å². The fourth-order valence-corrected chi connectivity index (χ4v) is 4.71. The van der Waals surface area contributed by atoms with Crippen LogP contribution < -0.4 is 5.32 Å². The van der Waals surface area contributed by atoms with Gasteiger partial charge in [0.05, 0.1) is 4.91 Å². The largest absolute Gasteiger partial charge is 0.457 e. The first-order valence-electron chi connectivity index (χ1n) is 9.79. The van der Waals surface area contributed by atoms with Gasteiger partial charge in [0.2, 0.25) is 5.91 Å². The van der Waals surface area contributed by atoms with Gasteiger partial charge in [0, 0.05) is 21.8 Å². The number of carbonyl (C=O) groups is 3. The molecule has 1 aliphatic heterocycles. The van der Waals surface area contributed by atoms with Gasteiger partial charge in [0.15, 0.2) is 0 Å². The normalized spacial score (nSPS) is 15.0. The highest BCUT2D eigenvalue weighted by Gasteiger charge is 2.36. The molecule has 0 aliphatic carbocycles. The van der Waals surface area contributed by atoms with Crippen molar-refractivity contribution in [1.82, 2.24) is 4.90 Å². The monoisotopic (exact) mass is 510 g/mol. The third kappa shape index (κ3) is 4.71. The standard InChI is InChI=1S/C24H19BrN2O4S/c1-14-7-9-17(18(25)11-14)20-10-8-16(31-20)12-21-23(29)27(24(30)32-21)13-22(28)26-19-6-4-3-5-15(19)2/h3-12H,13H2,1-2H3,(H,26,28)/b21-12-. The Labute approximate surface area is 197 Å². The Morgan fingerprint density at radius 3 is 2.66 bits per heavy atom. The van der Waals surface area contributed by atoms with E-state index in [9.17, 15) is 14.4 Å². The second-order valence-corrected chi connectivity index (χ2v) is 9.16. The maximum atomic E-state index is 12.7. The Balaban J connectivity index is 1.47. The first kappa shape index (κ1) is 22.1. The van der Waals surface area contributed by atoms with E-state index in [0.717, 1.165) is 37.8 Å². The second kappa shape index (κ2) is 9.18. The second-order valence-electron chi connectivity index (χ2n) is 7.32. The number of halogens is 1. The molecule has 0 unspecified atom stereocenters. The number of amides is 3. The minimum atomic E-state index is -0.519. The minimum absolute atomic E-state index is 0.211. The number of nitrogens with one attached hydrogen (secondary N) is 1. The van der Waals surface area contributed by atoms with Gasteiger partial charge >= 0.3 is 0 Å². The quantitative estimate of drug-likeness (QED) is 0.425. The number of aryl methyl sites for hydroxylation is 2. The molecule has 1 fully saturated rings. The Kier molecular flexibility index (Phi) is 6.34. The number of imide groups is 1. The summed E-state index contributed by atoms with van der Waals surface area (Å²) in [7, 11) is 0. The van der Waals surface area contributed by atoms with Crippen molar-refractivity contribution in [2.24, 2.45) is 0 Å². The summed E-state index contributed by atoms with van der Waals surface area (Å²) in [6.07, 6.45) is 1.52. The average Bonchev–Trinajstić information content (AvgIpc) is 3.30. The Hall–Kier alpha value is -3.10. The van der Waals surface area contributed by atoms with Gasteiger partial charge in [0.25, 0.3) is 11.1 Å². The van der Waals surface area contributed by atoms with Crippen molar-refractivity contribution in [3.63, 3.8) is 0 Å². The molecule has 4 rings (SSSR count). The fraction of sp³-hybridized carbons (Fsp3) is 0.125. The van der Waals surface area contributed by atoms with Crippen molar-refractivity contribution in [2.75, 3.05) is 11.9 Å². The van der Waals surface area contributed by atoms with Crippen LogP contribution >= 0.6 is 27.7 Å². The summed E-state index contributed by atoms with van der Waals surface area (Å²) in [5.41, 5.74) is 3.54. The third-order valence-corrected chi connectivity index (χ3v) is 6.45. The van der Waals surface area contributed by atoms with E-state index < -0.39 is 17.1 Å². The van der Waals surface area contributed by atoms with E-state index in [1.807, 2.05) is 44.2 Å². The zero-order valence-electron chi connectivity index (χ0n) is 17.3. The molecule has 0 spiro atoms. The lowest BCUT2D eigenvalue weighted by Gasteiger charge is -2.13. The van der Waals surface area contributed by atoms with E-state index in [4.69, 9.17) is 4.42 Å². The lowest BCUT2D eigenvalue weighted by atomic mass is 10.1. The zero-order chi connectivity index (χ0) is 22.8. The summed E-state index contributed by atoms with van der Waals surface area (Å²) in [6.45, 7) is 3.51. The smallest absolute Gasteiger partial charge is 0.294 e. The number of nitrogens with zero attached hydrogens (tertiary/aromatic N) is 1. The van der Waals surface area contributed by atoms with Gasteiger partial charge in [-0.25, -0.2) is 0 Å². The molecule has 3 amide bonds. The molecule has 2 aromatic carbocycles. The molecular formula is C24H19BrN2O4S. The predicted molar refractivity (Wildman–Crippen MR) is 129 cm³/mol. The van der Waals surface area contributed by atoms with Gasteiger partial charge in [-0.1, -0.05) is 40.2 Å². The van der Waals surface area contributed by atoms with Crippen LogP contribution in [0.1, 0.15) is 16.9 Å². The molecule has 8 heteroatoms. The highest BCUT2D eigenvalue weighted by atomic mass is 79.9. The number of para-hydroxylation sites is 1. The van der Waals surface area contributed by atoms with Crippen molar-refractivity contribution in [3.8, 4) is 11.3 Å². The van der Waals surface area contributed by atoms with Gasteiger partial charge in [-0.3, -0.25) is 19.3 Å². The lowest BCUT2D eigenvalue weighted by Crippen LogP contribution is -2.36. The number of hydrogen-bond acceptors (Lipinski definition) is 5. The highest BCUT2D eigenvalue weighted by molar-refractivity contribution is 9.10. The third-order valence-electron chi connectivity index (χ3n) is 4.88. The maximum Gasteiger partial charge on any atom is 0.294 e. The Bertz CT molecular complexity index is 1260. The van der Waals surface area contributed by atoms with Crippen LogP contribution in [0.25, 0.3) is 17.4 Å². The van der Waals surface area contributed by atoms with Crippen LogP contribution in [-0.4, -0.2) is 28.5 Å². The molecular weight excluding hydrogens is 492 g/mol. The van der Waals surface area contributed by atoms with Gasteiger partial charge < -0.3 is 9.73 Å².